The Labute approximate surface area is 120 Å². The first kappa shape index (κ1) is 13.5. The Kier molecular flexibility index (Phi) is 3.69. The van der Waals surface area contributed by atoms with Gasteiger partial charge in [-0.25, -0.2) is 4.79 Å². The molecule has 6 heteroatoms. The van der Waals surface area contributed by atoms with Gasteiger partial charge in [0.05, 0.1) is 23.9 Å². The second kappa shape index (κ2) is 5.47. The molecule has 0 spiro atoms. The van der Waals surface area contributed by atoms with Gasteiger partial charge in [-0.05, 0) is 18.6 Å². The fourth-order valence-corrected chi connectivity index (χ4v) is 3.80. The quantitative estimate of drug-likeness (QED) is 0.856. The molecule has 1 fully saturated rings. The van der Waals surface area contributed by atoms with Crippen LogP contribution in [0.25, 0.3) is 10.2 Å². The van der Waals surface area contributed by atoms with Gasteiger partial charge in [-0.2, -0.15) is 0 Å². The van der Waals surface area contributed by atoms with Gasteiger partial charge >= 0.3 is 5.97 Å². The third-order valence-corrected chi connectivity index (χ3v) is 4.76. The molecule has 106 valence electrons. The van der Waals surface area contributed by atoms with Crippen LogP contribution in [-0.2, 0) is 9.47 Å². The van der Waals surface area contributed by atoms with E-state index in [1.165, 1.54) is 18.4 Å². The first-order chi connectivity index (χ1) is 9.72. The number of hydrogen-bond acceptors (Lipinski definition) is 6. The molecular formula is C14H16N2O3S. The van der Waals surface area contributed by atoms with Crippen LogP contribution < -0.4 is 5.73 Å². The van der Waals surface area contributed by atoms with E-state index in [0.29, 0.717) is 18.1 Å². The highest BCUT2D eigenvalue weighted by atomic mass is 32.1. The summed E-state index contributed by atoms with van der Waals surface area (Å²) >= 11 is 1.42. The summed E-state index contributed by atoms with van der Waals surface area (Å²) in [5.74, 6) is -0.233. The van der Waals surface area contributed by atoms with E-state index in [-0.39, 0.29) is 17.9 Å². The lowest BCUT2D eigenvalue weighted by Gasteiger charge is -2.29. The lowest BCUT2D eigenvalue weighted by molar-refractivity contribution is 0.0590. The van der Waals surface area contributed by atoms with Crippen LogP contribution in [0.2, 0.25) is 0 Å². The molecule has 3 rings (SSSR count). The van der Waals surface area contributed by atoms with Gasteiger partial charge in [0.15, 0.2) is 0 Å². The van der Waals surface area contributed by atoms with Gasteiger partial charge in [0, 0.05) is 30.3 Å². The zero-order valence-electron chi connectivity index (χ0n) is 11.2. The van der Waals surface area contributed by atoms with Crippen LogP contribution in [-0.4, -0.2) is 37.3 Å². The second-order valence-electron chi connectivity index (χ2n) is 4.82. The number of nitrogens with two attached hydrogens (primary N) is 1. The lowest BCUT2D eigenvalue weighted by Crippen LogP contribution is -2.38. The smallest absolute Gasteiger partial charge is 0.348 e. The molecule has 2 unspecified atom stereocenters. The lowest BCUT2D eigenvalue weighted by atomic mass is 9.87. The molecular weight excluding hydrogens is 276 g/mol. The average Bonchev–Trinajstić information content (AvgIpc) is 2.86. The van der Waals surface area contributed by atoms with Crippen LogP contribution in [0.15, 0.2) is 18.3 Å². The summed E-state index contributed by atoms with van der Waals surface area (Å²) < 4.78 is 11.3. The van der Waals surface area contributed by atoms with Gasteiger partial charge in [-0.1, -0.05) is 0 Å². The number of rotatable bonds is 2. The molecule has 1 aliphatic rings. The SMILES string of the molecule is COC(=O)c1sc2cccnc2c1C1CCOCC1N. The number of hydrogen-bond donors (Lipinski definition) is 1. The maximum atomic E-state index is 12.0. The van der Waals surface area contributed by atoms with E-state index < -0.39 is 0 Å². The van der Waals surface area contributed by atoms with Crippen molar-refractivity contribution in [1.29, 1.82) is 0 Å². The standard InChI is InChI=1S/C14H16N2O3S/c1-18-14(17)13-11(8-4-6-19-7-9(8)15)12-10(20-13)3-2-5-16-12/h2-3,5,8-9H,4,6-7,15H2,1H3. The summed E-state index contributed by atoms with van der Waals surface area (Å²) in [5.41, 5.74) is 7.96. The topological polar surface area (TPSA) is 74.4 Å². The Morgan fingerprint density at radius 2 is 2.45 bits per heavy atom. The fraction of sp³-hybridized carbons (Fsp3) is 0.429. The van der Waals surface area contributed by atoms with Crippen LogP contribution in [0.3, 0.4) is 0 Å². The van der Waals surface area contributed by atoms with Crippen molar-refractivity contribution in [3.63, 3.8) is 0 Å². The molecule has 3 heterocycles. The van der Waals surface area contributed by atoms with Gasteiger partial charge in [0.25, 0.3) is 0 Å². The van der Waals surface area contributed by atoms with Crippen molar-refractivity contribution in [2.75, 3.05) is 20.3 Å². The van der Waals surface area contributed by atoms with Gasteiger partial charge < -0.3 is 15.2 Å². The number of nitrogens with zero attached hydrogens (tertiary/aromatic N) is 1. The van der Waals surface area contributed by atoms with E-state index in [1.54, 1.807) is 6.20 Å². The van der Waals surface area contributed by atoms with Crippen molar-refractivity contribution in [3.05, 3.63) is 28.8 Å². The van der Waals surface area contributed by atoms with E-state index in [2.05, 4.69) is 4.98 Å². The molecule has 2 aromatic heterocycles. The second-order valence-corrected chi connectivity index (χ2v) is 5.87. The molecule has 1 aliphatic heterocycles. The van der Waals surface area contributed by atoms with E-state index in [9.17, 15) is 4.79 Å². The van der Waals surface area contributed by atoms with Crippen LogP contribution in [0.5, 0.6) is 0 Å². The normalized spacial score (nSPS) is 22.9. The summed E-state index contributed by atoms with van der Waals surface area (Å²) in [6, 6.07) is 3.72. The Hall–Kier alpha value is -1.50. The monoisotopic (exact) mass is 292 g/mol. The van der Waals surface area contributed by atoms with E-state index in [4.69, 9.17) is 15.2 Å². The highest BCUT2D eigenvalue weighted by molar-refractivity contribution is 7.21. The van der Waals surface area contributed by atoms with E-state index in [0.717, 1.165) is 22.2 Å². The number of pyridine rings is 1. The molecule has 2 atom stereocenters. The number of carbonyl (C=O) groups excluding carboxylic acids is 1. The summed E-state index contributed by atoms with van der Waals surface area (Å²) in [4.78, 5) is 17.1. The summed E-state index contributed by atoms with van der Waals surface area (Å²) in [6.45, 7) is 1.17. The summed E-state index contributed by atoms with van der Waals surface area (Å²) in [5, 5.41) is 0. The van der Waals surface area contributed by atoms with Crippen molar-refractivity contribution in [1.82, 2.24) is 4.98 Å². The molecule has 2 N–H and O–H groups in total. The average molecular weight is 292 g/mol. The Morgan fingerprint density at radius 3 is 3.20 bits per heavy atom. The zero-order chi connectivity index (χ0) is 14.1. The third-order valence-electron chi connectivity index (χ3n) is 3.62. The Morgan fingerprint density at radius 1 is 1.60 bits per heavy atom. The van der Waals surface area contributed by atoms with Crippen molar-refractivity contribution >= 4 is 27.5 Å². The molecule has 0 amide bonds. The van der Waals surface area contributed by atoms with Gasteiger partial charge in [0.2, 0.25) is 0 Å². The molecule has 1 saturated heterocycles. The number of carbonyl (C=O) groups is 1. The van der Waals surface area contributed by atoms with Crippen LogP contribution in [0.4, 0.5) is 0 Å². The molecule has 0 bridgehead atoms. The van der Waals surface area contributed by atoms with E-state index >= 15 is 0 Å². The maximum absolute atomic E-state index is 12.0. The first-order valence-electron chi connectivity index (χ1n) is 6.51. The van der Waals surface area contributed by atoms with Crippen molar-refractivity contribution in [3.8, 4) is 0 Å². The van der Waals surface area contributed by atoms with Crippen molar-refractivity contribution in [2.24, 2.45) is 5.73 Å². The number of methoxy groups -OCH3 is 1. The molecule has 2 aromatic rings. The number of esters is 1. The predicted molar refractivity (Wildman–Crippen MR) is 77.1 cm³/mol. The molecule has 0 radical (unpaired) electrons. The first-order valence-corrected chi connectivity index (χ1v) is 7.33. The number of thiophene rings is 1. The highest BCUT2D eigenvalue weighted by Crippen LogP contribution is 2.39. The minimum atomic E-state index is -0.318. The summed E-state index contributed by atoms with van der Waals surface area (Å²) in [7, 11) is 1.40. The maximum Gasteiger partial charge on any atom is 0.348 e. The van der Waals surface area contributed by atoms with Crippen molar-refractivity contribution in [2.45, 2.75) is 18.4 Å². The van der Waals surface area contributed by atoms with Gasteiger partial charge in [0.1, 0.15) is 4.88 Å². The third kappa shape index (κ3) is 2.19. The minimum Gasteiger partial charge on any atom is -0.465 e. The zero-order valence-corrected chi connectivity index (χ0v) is 12.0. The number of ether oxygens (including phenoxy) is 2. The van der Waals surface area contributed by atoms with Gasteiger partial charge in [-0.15, -0.1) is 11.3 Å². The fourth-order valence-electron chi connectivity index (χ4n) is 2.65. The van der Waals surface area contributed by atoms with Gasteiger partial charge in [-0.3, -0.25) is 4.98 Å². The Balaban J connectivity index is 2.17. The minimum absolute atomic E-state index is 0.0847. The number of fused-ring (bicyclic) bond motifs is 1. The van der Waals surface area contributed by atoms with E-state index in [1.807, 2.05) is 12.1 Å². The molecule has 0 saturated carbocycles. The van der Waals surface area contributed by atoms with Crippen LogP contribution in [0, 0.1) is 0 Å². The summed E-state index contributed by atoms with van der Waals surface area (Å²) in [6.07, 6.45) is 2.54. The highest BCUT2D eigenvalue weighted by Gasteiger charge is 2.32. The number of aromatic nitrogens is 1. The van der Waals surface area contributed by atoms with Crippen molar-refractivity contribution < 1.29 is 14.3 Å². The molecule has 5 nitrogen and oxygen atoms in total. The molecule has 0 aromatic carbocycles. The largest absolute Gasteiger partial charge is 0.465 e. The molecule has 20 heavy (non-hydrogen) atoms. The predicted octanol–water partition coefficient (Wildman–Crippen LogP) is 1.91. The van der Waals surface area contributed by atoms with Crippen LogP contribution >= 0.6 is 11.3 Å². The molecule has 0 aliphatic carbocycles. The van der Waals surface area contributed by atoms with Crippen LogP contribution in [0.1, 0.15) is 27.6 Å². The Bertz CT molecular complexity index is 640.